The Morgan fingerprint density at radius 1 is 1.41 bits per heavy atom. The maximum Gasteiger partial charge on any atom is 0.229 e. The van der Waals surface area contributed by atoms with Crippen molar-refractivity contribution in [2.75, 3.05) is 13.1 Å². The maximum atomic E-state index is 10.8. The standard InChI is InChI=1S/C12H17N3O2/c16-8-9-2-1-5-15(6-9)7-11-13-12(17-14-11)10-3-4-10/h8-10H,1-7H2. The van der Waals surface area contributed by atoms with E-state index in [9.17, 15) is 4.79 Å². The van der Waals surface area contributed by atoms with Crippen molar-refractivity contribution in [1.29, 1.82) is 0 Å². The van der Waals surface area contributed by atoms with Gasteiger partial charge in [0.25, 0.3) is 0 Å². The van der Waals surface area contributed by atoms with Gasteiger partial charge in [-0.1, -0.05) is 5.16 Å². The molecule has 0 radical (unpaired) electrons. The second kappa shape index (κ2) is 4.56. The molecule has 1 atom stereocenters. The van der Waals surface area contributed by atoms with E-state index in [1.807, 2.05) is 0 Å². The lowest BCUT2D eigenvalue weighted by Crippen LogP contribution is -2.35. The zero-order valence-corrected chi connectivity index (χ0v) is 9.84. The summed E-state index contributed by atoms with van der Waals surface area (Å²) in [5.74, 6) is 2.25. The number of carbonyl (C=O) groups excluding carboxylic acids is 1. The van der Waals surface area contributed by atoms with Crippen LogP contribution in [0.4, 0.5) is 0 Å². The Morgan fingerprint density at radius 2 is 2.29 bits per heavy atom. The molecule has 0 bridgehead atoms. The Bertz CT molecular complexity index is 400. The van der Waals surface area contributed by atoms with Crippen molar-refractivity contribution in [3.63, 3.8) is 0 Å². The number of piperidine rings is 1. The predicted molar refractivity (Wildman–Crippen MR) is 60.3 cm³/mol. The lowest BCUT2D eigenvalue weighted by molar-refractivity contribution is -0.112. The first kappa shape index (κ1) is 10.9. The molecule has 2 aliphatic rings. The maximum absolute atomic E-state index is 10.8. The van der Waals surface area contributed by atoms with E-state index in [-0.39, 0.29) is 5.92 Å². The van der Waals surface area contributed by atoms with Gasteiger partial charge in [0.2, 0.25) is 5.89 Å². The fourth-order valence-corrected chi connectivity index (χ4v) is 2.37. The van der Waals surface area contributed by atoms with Crippen molar-refractivity contribution in [3.8, 4) is 0 Å². The van der Waals surface area contributed by atoms with Crippen molar-refractivity contribution in [2.45, 2.75) is 38.1 Å². The third-order valence-electron chi connectivity index (χ3n) is 3.51. The Morgan fingerprint density at radius 3 is 3.06 bits per heavy atom. The summed E-state index contributed by atoms with van der Waals surface area (Å²) in [4.78, 5) is 17.4. The SMILES string of the molecule is O=CC1CCCN(Cc2noc(C3CC3)n2)C1. The first-order chi connectivity index (χ1) is 8.35. The molecule has 92 valence electrons. The zero-order valence-electron chi connectivity index (χ0n) is 9.84. The van der Waals surface area contributed by atoms with Crippen LogP contribution in [-0.2, 0) is 11.3 Å². The van der Waals surface area contributed by atoms with E-state index in [0.29, 0.717) is 12.5 Å². The van der Waals surface area contributed by atoms with E-state index < -0.39 is 0 Å². The van der Waals surface area contributed by atoms with Crippen LogP contribution >= 0.6 is 0 Å². The monoisotopic (exact) mass is 235 g/mol. The molecule has 17 heavy (non-hydrogen) atoms. The summed E-state index contributed by atoms with van der Waals surface area (Å²) in [6, 6.07) is 0. The van der Waals surface area contributed by atoms with Crippen LogP contribution in [0.25, 0.3) is 0 Å². The summed E-state index contributed by atoms with van der Waals surface area (Å²) in [6.45, 7) is 2.56. The van der Waals surface area contributed by atoms with Gasteiger partial charge < -0.3 is 9.32 Å². The number of hydrogen-bond donors (Lipinski definition) is 0. The molecule has 3 rings (SSSR count). The van der Waals surface area contributed by atoms with Gasteiger partial charge in [0.1, 0.15) is 6.29 Å². The van der Waals surface area contributed by atoms with Crippen LogP contribution in [0.5, 0.6) is 0 Å². The molecule has 0 spiro atoms. The normalized spacial score (nSPS) is 26.0. The minimum absolute atomic E-state index is 0.179. The summed E-state index contributed by atoms with van der Waals surface area (Å²) in [7, 11) is 0. The van der Waals surface area contributed by atoms with Crippen LogP contribution in [0.3, 0.4) is 0 Å². The second-order valence-corrected chi connectivity index (χ2v) is 5.10. The molecule has 1 saturated heterocycles. The van der Waals surface area contributed by atoms with Gasteiger partial charge in [-0.15, -0.1) is 0 Å². The molecule has 0 amide bonds. The van der Waals surface area contributed by atoms with Crippen molar-refractivity contribution in [3.05, 3.63) is 11.7 Å². The number of aldehydes is 1. The topological polar surface area (TPSA) is 59.2 Å². The highest BCUT2D eigenvalue weighted by Gasteiger charge is 2.30. The molecule has 0 N–H and O–H groups in total. The third kappa shape index (κ3) is 2.54. The van der Waals surface area contributed by atoms with E-state index in [2.05, 4.69) is 15.0 Å². The fourth-order valence-electron chi connectivity index (χ4n) is 2.37. The summed E-state index contributed by atoms with van der Waals surface area (Å²) < 4.78 is 5.23. The van der Waals surface area contributed by atoms with Crippen LogP contribution in [-0.4, -0.2) is 34.4 Å². The van der Waals surface area contributed by atoms with Gasteiger partial charge in [0.15, 0.2) is 5.82 Å². The van der Waals surface area contributed by atoms with Crippen LogP contribution in [0, 0.1) is 5.92 Å². The molecule has 1 saturated carbocycles. The summed E-state index contributed by atoms with van der Waals surface area (Å²) >= 11 is 0. The molecule has 1 aromatic rings. The summed E-state index contributed by atoms with van der Waals surface area (Å²) in [5.41, 5.74) is 0. The summed E-state index contributed by atoms with van der Waals surface area (Å²) in [6.07, 6.45) is 5.52. The van der Waals surface area contributed by atoms with Crippen LogP contribution in [0.15, 0.2) is 4.52 Å². The van der Waals surface area contributed by atoms with Crippen LogP contribution in [0.2, 0.25) is 0 Å². The Kier molecular flexibility index (Phi) is 2.93. The van der Waals surface area contributed by atoms with E-state index in [1.54, 1.807) is 0 Å². The molecule has 2 heterocycles. The highest BCUT2D eigenvalue weighted by atomic mass is 16.5. The van der Waals surface area contributed by atoms with Gasteiger partial charge in [-0.05, 0) is 32.2 Å². The third-order valence-corrected chi connectivity index (χ3v) is 3.51. The van der Waals surface area contributed by atoms with Crippen molar-refractivity contribution < 1.29 is 9.32 Å². The minimum Gasteiger partial charge on any atom is -0.339 e. The Hall–Kier alpha value is -1.23. The van der Waals surface area contributed by atoms with Gasteiger partial charge in [0, 0.05) is 18.4 Å². The smallest absolute Gasteiger partial charge is 0.229 e. The molecule has 1 unspecified atom stereocenters. The van der Waals surface area contributed by atoms with E-state index in [0.717, 1.165) is 43.9 Å². The molecular formula is C12H17N3O2. The molecule has 5 nitrogen and oxygen atoms in total. The molecule has 1 aliphatic carbocycles. The molecule has 2 fully saturated rings. The quantitative estimate of drug-likeness (QED) is 0.737. The average Bonchev–Trinajstić information content (AvgIpc) is 3.11. The van der Waals surface area contributed by atoms with Gasteiger partial charge >= 0.3 is 0 Å². The first-order valence-corrected chi connectivity index (χ1v) is 6.35. The van der Waals surface area contributed by atoms with Crippen LogP contribution < -0.4 is 0 Å². The Balaban J connectivity index is 1.59. The minimum atomic E-state index is 0.179. The largest absolute Gasteiger partial charge is 0.339 e. The van der Waals surface area contributed by atoms with E-state index in [4.69, 9.17) is 4.52 Å². The summed E-state index contributed by atoms with van der Waals surface area (Å²) in [5, 5.41) is 4.01. The number of hydrogen-bond acceptors (Lipinski definition) is 5. The van der Waals surface area contributed by atoms with Gasteiger partial charge in [-0.3, -0.25) is 4.90 Å². The lowest BCUT2D eigenvalue weighted by atomic mass is 10.00. The number of likely N-dealkylation sites (tertiary alicyclic amines) is 1. The predicted octanol–water partition coefficient (Wildman–Crippen LogP) is 1.36. The van der Waals surface area contributed by atoms with Gasteiger partial charge in [0.05, 0.1) is 6.54 Å². The molecular weight excluding hydrogens is 218 g/mol. The van der Waals surface area contributed by atoms with E-state index >= 15 is 0 Å². The molecule has 5 heteroatoms. The van der Waals surface area contributed by atoms with Crippen molar-refractivity contribution in [1.82, 2.24) is 15.0 Å². The fraction of sp³-hybridized carbons (Fsp3) is 0.750. The number of rotatable bonds is 4. The molecule has 0 aromatic carbocycles. The Labute approximate surface area is 100 Å². The van der Waals surface area contributed by atoms with Crippen molar-refractivity contribution in [2.24, 2.45) is 5.92 Å². The highest BCUT2D eigenvalue weighted by molar-refractivity contribution is 5.53. The first-order valence-electron chi connectivity index (χ1n) is 6.35. The molecule has 1 aromatic heterocycles. The average molecular weight is 235 g/mol. The highest BCUT2D eigenvalue weighted by Crippen LogP contribution is 2.38. The van der Waals surface area contributed by atoms with Gasteiger partial charge in [-0.2, -0.15) is 4.98 Å². The number of aromatic nitrogens is 2. The number of nitrogens with zero attached hydrogens (tertiary/aromatic N) is 3. The second-order valence-electron chi connectivity index (χ2n) is 5.10. The van der Waals surface area contributed by atoms with E-state index in [1.165, 1.54) is 12.8 Å². The van der Waals surface area contributed by atoms with Gasteiger partial charge in [-0.25, -0.2) is 0 Å². The van der Waals surface area contributed by atoms with Crippen molar-refractivity contribution >= 4 is 6.29 Å². The van der Waals surface area contributed by atoms with Crippen LogP contribution in [0.1, 0.15) is 43.3 Å². The lowest BCUT2D eigenvalue weighted by Gasteiger charge is -2.28. The molecule has 1 aliphatic heterocycles. The zero-order chi connectivity index (χ0) is 11.7. The number of carbonyl (C=O) groups is 1.